The van der Waals surface area contributed by atoms with Crippen molar-refractivity contribution in [1.82, 2.24) is 0 Å². The molecule has 0 bridgehead atoms. The molecule has 0 aromatic heterocycles. The second-order valence-electron chi connectivity index (χ2n) is 6.70. The fourth-order valence-electron chi connectivity index (χ4n) is 3.22. The molecule has 0 aliphatic heterocycles. The predicted octanol–water partition coefficient (Wildman–Crippen LogP) is 4.46. The lowest BCUT2D eigenvalue weighted by molar-refractivity contribution is -0.133. The summed E-state index contributed by atoms with van der Waals surface area (Å²) in [7, 11) is -3.48. The zero-order valence-electron chi connectivity index (χ0n) is 16.5. The van der Waals surface area contributed by atoms with E-state index < -0.39 is 50.8 Å². The fraction of sp³-hybridized carbons (Fsp3) is 0.136. The second kappa shape index (κ2) is 8.57. The fourth-order valence-corrected chi connectivity index (χ4v) is 6.48. The van der Waals surface area contributed by atoms with Gasteiger partial charge in [0.15, 0.2) is 0 Å². The molecule has 3 aromatic carbocycles. The molecule has 0 atom stereocenters. The largest absolute Gasteiger partial charge is 0.508 e. The van der Waals surface area contributed by atoms with Crippen molar-refractivity contribution in [3.8, 4) is 34.5 Å². The molecule has 0 amide bonds. The molecule has 3 rings (SSSR count). The van der Waals surface area contributed by atoms with Gasteiger partial charge in [0.05, 0.1) is 0 Å². The standard InChI is InChI=1S/C22H22O8S/c1-2-6-20(29)30-31(15-7-4-3-5-8-15,21-16(25)9-13(23)10-17(21)26)22-18(27)11-14(24)12-19(22)28/h3-5,7-12,23-28H,2,6H2,1H3. The van der Waals surface area contributed by atoms with Gasteiger partial charge in [-0.25, -0.2) is 0 Å². The average Bonchev–Trinajstić information content (AvgIpc) is 2.67. The van der Waals surface area contributed by atoms with Gasteiger partial charge in [0, 0.05) is 45.9 Å². The predicted molar refractivity (Wildman–Crippen MR) is 113 cm³/mol. The van der Waals surface area contributed by atoms with Gasteiger partial charge in [0.1, 0.15) is 44.3 Å². The molecule has 0 spiro atoms. The first-order chi connectivity index (χ1) is 14.7. The summed E-state index contributed by atoms with van der Waals surface area (Å²) in [5, 5.41) is 62.4. The van der Waals surface area contributed by atoms with Gasteiger partial charge in [-0.1, -0.05) is 25.1 Å². The SMILES string of the molecule is CCCC(=O)OS(c1ccccc1)(c1c(O)cc(O)cc1O)c1c(O)cc(O)cc1O. The molecule has 0 aliphatic carbocycles. The summed E-state index contributed by atoms with van der Waals surface area (Å²) in [6, 6.07) is 11.8. The summed E-state index contributed by atoms with van der Waals surface area (Å²) in [5.74, 6) is -4.07. The first kappa shape index (κ1) is 22.0. The summed E-state index contributed by atoms with van der Waals surface area (Å²) in [6.45, 7) is 1.76. The van der Waals surface area contributed by atoms with E-state index in [1.165, 1.54) is 0 Å². The van der Waals surface area contributed by atoms with Gasteiger partial charge in [-0.05, 0) is 18.6 Å². The molecular formula is C22H22O8S. The number of phenolic OH excluding ortho intramolecular Hbond substituents is 6. The van der Waals surface area contributed by atoms with Crippen LogP contribution in [0, 0.1) is 0 Å². The van der Waals surface area contributed by atoms with Gasteiger partial charge in [-0.15, -0.1) is 0 Å². The Kier molecular flexibility index (Phi) is 6.07. The monoisotopic (exact) mass is 446 g/mol. The van der Waals surface area contributed by atoms with Crippen molar-refractivity contribution in [3.05, 3.63) is 54.6 Å². The third-order valence-corrected chi connectivity index (χ3v) is 7.75. The Balaban J connectivity index is 2.52. The van der Waals surface area contributed by atoms with Crippen LogP contribution in [0.25, 0.3) is 0 Å². The number of carbonyl (C=O) groups is 1. The van der Waals surface area contributed by atoms with Gasteiger partial charge in [0.25, 0.3) is 0 Å². The molecule has 0 saturated carbocycles. The molecule has 164 valence electrons. The highest BCUT2D eigenvalue weighted by atomic mass is 32.3. The number of carbonyl (C=O) groups excluding carboxylic acids is 1. The summed E-state index contributed by atoms with van der Waals surface area (Å²) in [6.07, 6.45) is 0.422. The minimum atomic E-state index is -3.48. The molecule has 9 heteroatoms. The van der Waals surface area contributed by atoms with Crippen molar-refractivity contribution in [2.45, 2.75) is 34.5 Å². The zero-order valence-corrected chi connectivity index (χ0v) is 17.3. The maximum absolute atomic E-state index is 12.7. The van der Waals surface area contributed by atoms with Crippen LogP contribution in [0.2, 0.25) is 0 Å². The molecule has 0 unspecified atom stereocenters. The lowest BCUT2D eigenvalue weighted by Crippen LogP contribution is -2.14. The Hall–Kier alpha value is -3.72. The number of phenols is 6. The first-order valence-corrected chi connectivity index (χ1v) is 10.9. The van der Waals surface area contributed by atoms with E-state index in [0.29, 0.717) is 6.42 Å². The summed E-state index contributed by atoms with van der Waals surface area (Å²) in [5.41, 5.74) is 0. The highest BCUT2D eigenvalue weighted by Gasteiger charge is 2.44. The van der Waals surface area contributed by atoms with Crippen LogP contribution in [0.3, 0.4) is 0 Å². The molecule has 0 fully saturated rings. The van der Waals surface area contributed by atoms with E-state index in [1.54, 1.807) is 37.3 Å². The van der Waals surface area contributed by atoms with Crippen LogP contribution in [0.15, 0.2) is 69.3 Å². The summed E-state index contributed by atoms with van der Waals surface area (Å²) >= 11 is 0. The van der Waals surface area contributed by atoms with Crippen LogP contribution in [0.1, 0.15) is 19.8 Å². The van der Waals surface area contributed by atoms with Gasteiger partial charge in [-0.2, -0.15) is 0 Å². The van der Waals surface area contributed by atoms with Gasteiger partial charge in [-0.3, -0.25) is 4.79 Å². The third kappa shape index (κ3) is 3.99. The molecule has 0 radical (unpaired) electrons. The second-order valence-corrected chi connectivity index (χ2v) is 9.27. The lowest BCUT2D eigenvalue weighted by Gasteiger charge is -2.40. The summed E-state index contributed by atoms with van der Waals surface area (Å²) in [4.78, 5) is 12.4. The van der Waals surface area contributed by atoms with E-state index in [9.17, 15) is 35.4 Å². The number of rotatable bonds is 6. The van der Waals surface area contributed by atoms with Crippen LogP contribution in [0.5, 0.6) is 34.5 Å². The number of hydrogen-bond donors (Lipinski definition) is 6. The highest BCUT2D eigenvalue weighted by Crippen LogP contribution is 2.76. The Morgan fingerprint density at radius 1 is 0.774 bits per heavy atom. The Bertz CT molecular complexity index is 1010. The molecule has 3 aromatic rings. The van der Waals surface area contributed by atoms with E-state index in [-0.39, 0.29) is 21.1 Å². The van der Waals surface area contributed by atoms with Gasteiger partial charge >= 0.3 is 5.97 Å². The van der Waals surface area contributed by atoms with Crippen LogP contribution in [-0.2, 0) is 8.98 Å². The normalized spacial score (nSPS) is 11.8. The van der Waals surface area contributed by atoms with Gasteiger partial charge in [0.2, 0.25) is 0 Å². The average molecular weight is 446 g/mol. The Morgan fingerprint density at radius 3 is 1.58 bits per heavy atom. The van der Waals surface area contributed by atoms with Crippen LogP contribution < -0.4 is 0 Å². The van der Waals surface area contributed by atoms with Crippen LogP contribution in [-0.4, -0.2) is 36.6 Å². The molecule has 0 heterocycles. The number of aromatic hydroxyl groups is 6. The van der Waals surface area contributed by atoms with E-state index >= 15 is 0 Å². The van der Waals surface area contributed by atoms with Crippen molar-refractivity contribution in [2.24, 2.45) is 0 Å². The van der Waals surface area contributed by atoms with E-state index in [4.69, 9.17) is 4.18 Å². The number of hydrogen-bond acceptors (Lipinski definition) is 8. The van der Waals surface area contributed by atoms with Crippen LogP contribution >= 0.6 is 10.3 Å². The summed E-state index contributed by atoms with van der Waals surface area (Å²) < 4.78 is 5.88. The van der Waals surface area contributed by atoms with Crippen LogP contribution in [0.4, 0.5) is 0 Å². The third-order valence-electron chi connectivity index (χ3n) is 4.39. The van der Waals surface area contributed by atoms with Crippen molar-refractivity contribution >= 4 is 16.3 Å². The molecule has 31 heavy (non-hydrogen) atoms. The van der Waals surface area contributed by atoms with Crippen molar-refractivity contribution in [3.63, 3.8) is 0 Å². The topological polar surface area (TPSA) is 148 Å². The molecular weight excluding hydrogens is 424 g/mol. The Labute approximate surface area is 179 Å². The Morgan fingerprint density at radius 2 is 1.19 bits per heavy atom. The van der Waals surface area contributed by atoms with Crippen molar-refractivity contribution < 1.29 is 39.6 Å². The molecule has 8 nitrogen and oxygen atoms in total. The number of benzene rings is 3. The minimum Gasteiger partial charge on any atom is -0.508 e. The molecule has 0 aliphatic rings. The maximum Gasteiger partial charge on any atom is 0.317 e. The van der Waals surface area contributed by atoms with E-state index in [1.807, 2.05) is 0 Å². The molecule has 6 N–H and O–H groups in total. The van der Waals surface area contributed by atoms with E-state index in [2.05, 4.69) is 0 Å². The maximum atomic E-state index is 12.7. The first-order valence-electron chi connectivity index (χ1n) is 9.31. The van der Waals surface area contributed by atoms with Crippen molar-refractivity contribution in [2.75, 3.05) is 0 Å². The lowest BCUT2D eigenvalue weighted by atomic mass is 10.3. The highest BCUT2D eigenvalue weighted by molar-refractivity contribution is 8.30. The smallest absolute Gasteiger partial charge is 0.317 e. The van der Waals surface area contributed by atoms with Crippen molar-refractivity contribution in [1.29, 1.82) is 0 Å². The van der Waals surface area contributed by atoms with E-state index in [0.717, 1.165) is 24.3 Å². The zero-order chi connectivity index (χ0) is 22.8. The molecule has 0 saturated heterocycles. The quantitative estimate of drug-likeness (QED) is 0.325. The minimum absolute atomic E-state index is 0.0131. The van der Waals surface area contributed by atoms with Gasteiger partial charge < -0.3 is 34.8 Å².